The lowest BCUT2D eigenvalue weighted by atomic mass is 9.98. The molecule has 1 aliphatic rings. The Balaban J connectivity index is 1.30. The highest BCUT2D eigenvalue weighted by molar-refractivity contribution is 7.09. The van der Waals surface area contributed by atoms with E-state index in [0.717, 1.165) is 28.7 Å². The van der Waals surface area contributed by atoms with Crippen LogP contribution in [0.15, 0.2) is 53.9 Å². The first kappa shape index (κ1) is 24.4. The van der Waals surface area contributed by atoms with Crippen LogP contribution in [0.3, 0.4) is 0 Å². The molecule has 2 amide bonds. The number of aromatic carboxylic acids is 1. The van der Waals surface area contributed by atoms with Gasteiger partial charge in [0.1, 0.15) is 11.6 Å². The van der Waals surface area contributed by atoms with Crippen molar-refractivity contribution in [3.8, 4) is 11.1 Å². The zero-order chi connectivity index (χ0) is 24.8. The highest BCUT2D eigenvalue weighted by Crippen LogP contribution is 2.44. The molecular formula is C26H27N3O5S. The minimum Gasteiger partial charge on any atom is -0.476 e. The van der Waals surface area contributed by atoms with Crippen LogP contribution in [0.1, 0.15) is 58.7 Å². The zero-order valence-corrected chi connectivity index (χ0v) is 20.1. The van der Waals surface area contributed by atoms with Gasteiger partial charge in [-0.25, -0.2) is 14.6 Å². The second-order valence-electron chi connectivity index (χ2n) is 8.37. The summed E-state index contributed by atoms with van der Waals surface area (Å²) in [6.45, 7) is 2.33. The fraction of sp³-hybridized carbons (Fsp3) is 0.308. The molecule has 0 spiro atoms. The number of carboxylic acids is 1. The highest BCUT2D eigenvalue weighted by atomic mass is 32.1. The Labute approximate surface area is 207 Å². The van der Waals surface area contributed by atoms with E-state index in [-0.39, 0.29) is 43.1 Å². The average molecular weight is 494 g/mol. The molecule has 3 N–H and O–H groups in total. The number of alkyl carbamates (subject to hydrolysis) is 1. The van der Waals surface area contributed by atoms with E-state index in [1.165, 1.54) is 16.7 Å². The van der Waals surface area contributed by atoms with E-state index < -0.39 is 12.1 Å². The van der Waals surface area contributed by atoms with Gasteiger partial charge in [-0.1, -0.05) is 61.9 Å². The van der Waals surface area contributed by atoms with Gasteiger partial charge in [0.05, 0.1) is 6.54 Å². The molecule has 3 aromatic rings. The standard InChI is InChI=1S/C26H27N3O5S/c1-2-7-16(12-23(30)27-13-24-29-22(15-35-24)25(31)32)28-26(33)34-14-21-19-10-5-3-8-17(19)18-9-4-6-11-20(18)21/h3-6,8-11,15-16,21H,2,7,12-14H2,1H3,(H,27,30)(H,28,33)(H,31,32). The number of benzene rings is 2. The second kappa shape index (κ2) is 11.1. The number of nitrogens with zero attached hydrogens (tertiary/aromatic N) is 1. The number of carbonyl (C=O) groups excluding carboxylic acids is 2. The van der Waals surface area contributed by atoms with Crippen LogP contribution in [-0.2, 0) is 16.1 Å². The summed E-state index contributed by atoms with van der Waals surface area (Å²) in [6.07, 6.45) is 0.952. The summed E-state index contributed by atoms with van der Waals surface area (Å²) in [5.41, 5.74) is 4.56. The van der Waals surface area contributed by atoms with Crippen molar-refractivity contribution in [2.24, 2.45) is 0 Å². The lowest BCUT2D eigenvalue weighted by Crippen LogP contribution is -2.39. The Bertz CT molecular complexity index is 1180. The van der Waals surface area contributed by atoms with Gasteiger partial charge in [0.15, 0.2) is 5.69 Å². The predicted molar refractivity (Wildman–Crippen MR) is 132 cm³/mol. The third-order valence-electron chi connectivity index (χ3n) is 5.94. The van der Waals surface area contributed by atoms with Crippen molar-refractivity contribution in [3.63, 3.8) is 0 Å². The maximum absolute atomic E-state index is 12.6. The fourth-order valence-electron chi connectivity index (χ4n) is 4.34. The molecule has 0 aliphatic heterocycles. The van der Waals surface area contributed by atoms with Gasteiger partial charge in [0, 0.05) is 23.8 Å². The van der Waals surface area contributed by atoms with E-state index >= 15 is 0 Å². The van der Waals surface area contributed by atoms with Gasteiger partial charge in [-0.15, -0.1) is 11.3 Å². The number of carboxylic acid groups (broad SMARTS) is 1. The molecule has 9 heteroatoms. The van der Waals surface area contributed by atoms with Gasteiger partial charge < -0.3 is 20.5 Å². The van der Waals surface area contributed by atoms with Crippen molar-refractivity contribution in [1.82, 2.24) is 15.6 Å². The van der Waals surface area contributed by atoms with Crippen molar-refractivity contribution in [3.05, 3.63) is 75.7 Å². The third kappa shape index (κ3) is 5.86. The van der Waals surface area contributed by atoms with Gasteiger partial charge in [0.25, 0.3) is 0 Å². The number of ether oxygens (including phenoxy) is 1. The average Bonchev–Trinajstić information content (AvgIpc) is 3.45. The quantitative estimate of drug-likeness (QED) is 0.381. The molecule has 1 atom stereocenters. The van der Waals surface area contributed by atoms with Crippen molar-refractivity contribution in [1.29, 1.82) is 0 Å². The van der Waals surface area contributed by atoms with Crippen molar-refractivity contribution in [2.45, 2.75) is 44.7 Å². The topological polar surface area (TPSA) is 118 Å². The van der Waals surface area contributed by atoms with Gasteiger partial charge >= 0.3 is 12.1 Å². The van der Waals surface area contributed by atoms with Crippen LogP contribution in [0.2, 0.25) is 0 Å². The van der Waals surface area contributed by atoms with E-state index in [0.29, 0.717) is 11.4 Å². The normalized spacial score (nSPS) is 12.9. The number of hydrogen-bond acceptors (Lipinski definition) is 6. The van der Waals surface area contributed by atoms with Gasteiger partial charge in [-0.05, 0) is 28.7 Å². The number of aromatic nitrogens is 1. The maximum atomic E-state index is 12.6. The largest absolute Gasteiger partial charge is 0.476 e. The van der Waals surface area contributed by atoms with Crippen molar-refractivity contribution in [2.75, 3.05) is 6.61 Å². The predicted octanol–water partition coefficient (Wildman–Crippen LogP) is 4.56. The summed E-state index contributed by atoms with van der Waals surface area (Å²) in [6, 6.07) is 15.9. The minimum atomic E-state index is -1.10. The molecule has 0 fully saturated rings. The molecule has 0 bridgehead atoms. The highest BCUT2D eigenvalue weighted by Gasteiger charge is 2.29. The molecule has 0 saturated carbocycles. The molecule has 0 saturated heterocycles. The smallest absolute Gasteiger partial charge is 0.407 e. The van der Waals surface area contributed by atoms with E-state index in [9.17, 15) is 14.4 Å². The van der Waals surface area contributed by atoms with E-state index in [1.807, 2.05) is 31.2 Å². The summed E-state index contributed by atoms with van der Waals surface area (Å²) >= 11 is 1.17. The van der Waals surface area contributed by atoms with Crippen molar-refractivity contribution >= 4 is 29.3 Å². The van der Waals surface area contributed by atoms with Crippen LogP contribution >= 0.6 is 11.3 Å². The van der Waals surface area contributed by atoms with Crippen LogP contribution in [0.5, 0.6) is 0 Å². The molecule has 4 rings (SSSR count). The molecule has 1 heterocycles. The maximum Gasteiger partial charge on any atom is 0.407 e. The summed E-state index contributed by atoms with van der Waals surface area (Å²) in [7, 11) is 0. The minimum absolute atomic E-state index is 0.0323. The summed E-state index contributed by atoms with van der Waals surface area (Å²) in [5, 5.41) is 16.5. The number of fused-ring (bicyclic) bond motifs is 3. The zero-order valence-electron chi connectivity index (χ0n) is 19.3. The van der Waals surface area contributed by atoms with E-state index in [2.05, 4.69) is 39.9 Å². The third-order valence-corrected chi connectivity index (χ3v) is 6.79. The van der Waals surface area contributed by atoms with Crippen LogP contribution in [-0.4, -0.2) is 40.7 Å². The van der Waals surface area contributed by atoms with Crippen LogP contribution in [0.4, 0.5) is 4.79 Å². The number of thiazole rings is 1. The second-order valence-corrected chi connectivity index (χ2v) is 9.31. The number of nitrogens with one attached hydrogen (secondary N) is 2. The SMILES string of the molecule is CCCC(CC(=O)NCc1nc(C(=O)O)cs1)NC(=O)OCC1c2ccccc2-c2ccccc21. The molecule has 1 aliphatic carbocycles. The number of rotatable bonds is 10. The molecular weight excluding hydrogens is 466 g/mol. The first-order valence-corrected chi connectivity index (χ1v) is 12.4. The molecule has 35 heavy (non-hydrogen) atoms. The summed E-state index contributed by atoms with van der Waals surface area (Å²) in [5.74, 6) is -1.39. The number of amides is 2. The molecule has 1 unspecified atom stereocenters. The molecule has 182 valence electrons. The summed E-state index contributed by atoms with van der Waals surface area (Å²) < 4.78 is 5.61. The Kier molecular flexibility index (Phi) is 7.77. The van der Waals surface area contributed by atoms with E-state index in [1.54, 1.807) is 0 Å². The first-order valence-electron chi connectivity index (χ1n) is 11.5. The van der Waals surface area contributed by atoms with Gasteiger partial charge in [0.2, 0.25) is 5.91 Å². The van der Waals surface area contributed by atoms with Crippen LogP contribution in [0, 0.1) is 0 Å². The molecule has 1 aromatic heterocycles. The number of hydrogen-bond donors (Lipinski definition) is 3. The Morgan fingerprint density at radius 3 is 2.34 bits per heavy atom. The fourth-order valence-corrected chi connectivity index (χ4v) is 5.05. The first-order chi connectivity index (χ1) is 17.0. The molecule has 2 aromatic carbocycles. The van der Waals surface area contributed by atoms with Crippen LogP contribution < -0.4 is 10.6 Å². The Hall–Kier alpha value is -3.72. The monoisotopic (exact) mass is 493 g/mol. The lowest BCUT2D eigenvalue weighted by molar-refractivity contribution is -0.121. The van der Waals surface area contributed by atoms with E-state index in [4.69, 9.17) is 9.84 Å². The lowest BCUT2D eigenvalue weighted by Gasteiger charge is -2.19. The summed E-state index contributed by atoms with van der Waals surface area (Å²) in [4.78, 5) is 39.9. The van der Waals surface area contributed by atoms with Gasteiger partial charge in [-0.3, -0.25) is 4.79 Å². The molecule has 0 radical (unpaired) electrons. The number of carbonyl (C=O) groups is 3. The Morgan fingerprint density at radius 1 is 1.09 bits per heavy atom. The van der Waals surface area contributed by atoms with Gasteiger partial charge in [-0.2, -0.15) is 0 Å². The van der Waals surface area contributed by atoms with Crippen LogP contribution in [0.25, 0.3) is 11.1 Å². The van der Waals surface area contributed by atoms with Crippen molar-refractivity contribution < 1.29 is 24.2 Å². The Morgan fingerprint density at radius 2 is 1.74 bits per heavy atom. The molecule has 8 nitrogen and oxygen atoms in total.